The Morgan fingerprint density at radius 2 is 1.88 bits per heavy atom. The highest BCUT2D eigenvalue weighted by Crippen LogP contribution is 2.44. The molecule has 0 aromatic heterocycles. The molecule has 4 nitrogen and oxygen atoms in total. The Morgan fingerprint density at radius 3 is 2.54 bits per heavy atom. The second kappa shape index (κ2) is 7.88. The van der Waals surface area contributed by atoms with Crippen LogP contribution in [0.2, 0.25) is 0 Å². The summed E-state index contributed by atoms with van der Waals surface area (Å²) < 4.78 is 5.21. The highest BCUT2D eigenvalue weighted by atomic mass is 127. The summed E-state index contributed by atoms with van der Waals surface area (Å²) in [5.74, 6) is 1.25. The van der Waals surface area contributed by atoms with Gasteiger partial charge in [-0.2, -0.15) is 0 Å². The van der Waals surface area contributed by atoms with Crippen LogP contribution in [-0.2, 0) is 5.41 Å². The number of halogens is 1. The minimum Gasteiger partial charge on any atom is -0.497 e. The molecule has 24 heavy (non-hydrogen) atoms. The van der Waals surface area contributed by atoms with Gasteiger partial charge in [-0.25, -0.2) is 4.99 Å². The van der Waals surface area contributed by atoms with Gasteiger partial charge in [0, 0.05) is 11.8 Å². The van der Waals surface area contributed by atoms with Crippen molar-refractivity contribution in [2.75, 3.05) is 12.4 Å². The van der Waals surface area contributed by atoms with Crippen molar-refractivity contribution in [3.63, 3.8) is 0 Å². The van der Waals surface area contributed by atoms with E-state index in [9.17, 15) is 0 Å². The van der Waals surface area contributed by atoms with Crippen LogP contribution >= 0.6 is 24.0 Å². The molecule has 0 unspecified atom stereocenters. The SMILES string of the molecule is COc1cccc(NC(N)=NC2CC(C)(c3ccccc3)C2)c1.I. The van der Waals surface area contributed by atoms with E-state index >= 15 is 0 Å². The molecule has 128 valence electrons. The molecule has 0 saturated heterocycles. The first kappa shape index (κ1) is 18.6. The maximum absolute atomic E-state index is 6.03. The normalized spacial score (nSPS) is 22.9. The van der Waals surface area contributed by atoms with Crippen LogP contribution in [0.3, 0.4) is 0 Å². The van der Waals surface area contributed by atoms with Crippen LogP contribution in [0.4, 0.5) is 5.69 Å². The van der Waals surface area contributed by atoms with Gasteiger partial charge in [0.2, 0.25) is 0 Å². The lowest BCUT2D eigenvalue weighted by atomic mass is 9.63. The van der Waals surface area contributed by atoms with Gasteiger partial charge in [0.05, 0.1) is 13.2 Å². The molecular weight excluding hydrogens is 413 g/mol. The van der Waals surface area contributed by atoms with Crippen LogP contribution in [0.15, 0.2) is 59.6 Å². The van der Waals surface area contributed by atoms with Crippen LogP contribution in [0.5, 0.6) is 5.75 Å². The molecule has 3 N–H and O–H groups in total. The average Bonchev–Trinajstić information content (AvgIpc) is 2.54. The van der Waals surface area contributed by atoms with E-state index in [0.29, 0.717) is 5.96 Å². The molecule has 0 heterocycles. The highest BCUT2D eigenvalue weighted by Gasteiger charge is 2.41. The quantitative estimate of drug-likeness (QED) is 0.429. The molecule has 0 bridgehead atoms. The van der Waals surface area contributed by atoms with Gasteiger partial charge in [0.1, 0.15) is 5.75 Å². The van der Waals surface area contributed by atoms with Crippen molar-refractivity contribution in [1.29, 1.82) is 0 Å². The van der Waals surface area contributed by atoms with Crippen molar-refractivity contribution in [2.45, 2.75) is 31.2 Å². The number of methoxy groups -OCH3 is 1. The first-order chi connectivity index (χ1) is 11.1. The molecule has 0 aliphatic heterocycles. The zero-order chi connectivity index (χ0) is 16.3. The fraction of sp³-hybridized carbons (Fsp3) is 0.316. The number of rotatable bonds is 4. The molecule has 0 radical (unpaired) electrons. The van der Waals surface area contributed by atoms with Gasteiger partial charge in [0.15, 0.2) is 5.96 Å². The minimum atomic E-state index is 0. The van der Waals surface area contributed by atoms with Crippen LogP contribution in [0, 0.1) is 0 Å². The van der Waals surface area contributed by atoms with Crippen molar-refractivity contribution >= 4 is 35.6 Å². The molecule has 0 amide bonds. The highest BCUT2D eigenvalue weighted by molar-refractivity contribution is 14.0. The predicted octanol–water partition coefficient (Wildman–Crippen LogP) is 4.16. The summed E-state index contributed by atoms with van der Waals surface area (Å²) >= 11 is 0. The first-order valence-electron chi connectivity index (χ1n) is 7.89. The number of nitrogens with one attached hydrogen (secondary N) is 1. The second-order valence-electron chi connectivity index (χ2n) is 6.36. The van der Waals surface area contributed by atoms with Gasteiger partial charge in [-0.15, -0.1) is 24.0 Å². The molecular formula is C19H24IN3O. The molecule has 1 aliphatic rings. The third-order valence-electron chi connectivity index (χ3n) is 4.51. The monoisotopic (exact) mass is 437 g/mol. The molecule has 0 spiro atoms. The lowest BCUT2D eigenvalue weighted by molar-refractivity contribution is 0.229. The predicted molar refractivity (Wildman–Crippen MR) is 110 cm³/mol. The van der Waals surface area contributed by atoms with Crippen molar-refractivity contribution < 1.29 is 4.74 Å². The lowest BCUT2D eigenvalue weighted by Gasteiger charge is -2.44. The molecule has 2 aromatic rings. The Labute approximate surface area is 160 Å². The molecule has 3 rings (SSSR count). The third-order valence-corrected chi connectivity index (χ3v) is 4.51. The smallest absolute Gasteiger partial charge is 0.193 e. The van der Waals surface area contributed by atoms with E-state index in [4.69, 9.17) is 10.5 Å². The summed E-state index contributed by atoms with van der Waals surface area (Å²) in [7, 11) is 1.65. The summed E-state index contributed by atoms with van der Waals surface area (Å²) in [5.41, 5.74) is 8.51. The third kappa shape index (κ3) is 4.20. The van der Waals surface area contributed by atoms with Crippen molar-refractivity contribution in [1.82, 2.24) is 0 Å². The van der Waals surface area contributed by atoms with Gasteiger partial charge < -0.3 is 15.8 Å². The number of anilines is 1. The van der Waals surface area contributed by atoms with Crippen LogP contribution in [-0.4, -0.2) is 19.1 Å². The standard InChI is InChI=1S/C19H23N3O.HI/c1-19(14-7-4-3-5-8-14)12-16(13-19)22-18(20)21-15-9-6-10-17(11-15)23-2;/h3-11,16H,12-13H2,1-2H3,(H3,20,21,22);1H. The van der Waals surface area contributed by atoms with E-state index in [2.05, 4.69) is 47.6 Å². The number of hydrogen-bond acceptors (Lipinski definition) is 2. The van der Waals surface area contributed by atoms with Crippen LogP contribution in [0.1, 0.15) is 25.3 Å². The molecule has 0 atom stereocenters. The molecule has 1 saturated carbocycles. The summed E-state index contributed by atoms with van der Waals surface area (Å²) in [6.07, 6.45) is 2.05. The molecule has 1 fully saturated rings. The Hall–Kier alpha value is -1.76. The van der Waals surface area contributed by atoms with E-state index in [1.807, 2.05) is 24.3 Å². The molecule has 1 aliphatic carbocycles. The van der Waals surface area contributed by atoms with Gasteiger partial charge in [-0.1, -0.05) is 43.3 Å². The van der Waals surface area contributed by atoms with Gasteiger partial charge >= 0.3 is 0 Å². The summed E-state index contributed by atoms with van der Waals surface area (Å²) in [6.45, 7) is 2.29. The number of aliphatic imine (C=N–C) groups is 1. The number of guanidine groups is 1. The Kier molecular flexibility index (Phi) is 6.10. The van der Waals surface area contributed by atoms with E-state index in [1.54, 1.807) is 7.11 Å². The van der Waals surface area contributed by atoms with Crippen LogP contribution < -0.4 is 15.8 Å². The lowest BCUT2D eigenvalue weighted by Crippen LogP contribution is -2.42. The number of nitrogens with zero attached hydrogens (tertiary/aromatic N) is 1. The zero-order valence-corrected chi connectivity index (χ0v) is 16.4. The van der Waals surface area contributed by atoms with Crippen LogP contribution in [0.25, 0.3) is 0 Å². The van der Waals surface area contributed by atoms with E-state index < -0.39 is 0 Å². The summed E-state index contributed by atoms with van der Waals surface area (Å²) in [5, 5.41) is 3.13. The average molecular weight is 437 g/mol. The Morgan fingerprint density at radius 1 is 1.17 bits per heavy atom. The fourth-order valence-electron chi connectivity index (χ4n) is 3.23. The van der Waals surface area contributed by atoms with Crippen molar-refractivity contribution in [2.24, 2.45) is 10.7 Å². The maximum Gasteiger partial charge on any atom is 0.193 e. The van der Waals surface area contributed by atoms with Gasteiger partial charge in [-0.3, -0.25) is 0 Å². The second-order valence-corrected chi connectivity index (χ2v) is 6.36. The van der Waals surface area contributed by atoms with Crippen molar-refractivity contribution in [3.05, 3.63) is 60.2 Å². The molecule has 5 heteroatoms. The largest absolute Gasteiger partial charge is 0.497 e. The van der Waals surface area contributed by atoms with Gasteiger partial charge in [0.25, 0.3) is 0 Å². The van der Waals surface area contributed by atoms with Crippen molar-refractivity contribution in [3.8, 4) is 5.75 Å². The number of hydrogen-bond donors (Lipinski definition) is 2. The topological polar surface area (TPSA) is 59.6 Å². The molecule has 2 aromatic carbocycles. The number of ether oxygens (including phenoxy) is 1. The number of nitrogens with two attached hydrogens (primary N) is 1. The Balaban J connectivity index is 0.00000208. The van der Waals surface area contributed by atoms with E-state index in [-0.39, 0.29) is 35.4 Å². The van der Waals surface area contributed by atoms with E-state index in [0.717, 1.165) is 24.3 Å². The van der Waals surface area contributed by atoms with E-state index in [1.165, 1.54) is 5.56 Å². The summed E-state index contributed by atoms with van der Waals surface area (Å²) in [6, 6.07) is 18.6. The number of benzene rings is 2. The minimum absolute atomic E-state index is 0. The first-order valence-corrected chi connectivity index (χ1v) is 7.89. The maximum atomic E-state index is 6.03. The van der Waals surface area contributed by atoms with Gasteiger partial charge in [-0.05, 0) is 36.0 Å². The Bertz CT molecular complexity index is 697. The fourth-order valence-corrected chi connectivity index (χ4v) is 3.23. The summed E-state index contributed by atoms with van der Waals surface area (Å²) in [4.78, 5) is 4.60. The zero-order valence-electron chi connectivity index (χ0n) is 14.0.